The fourth-order valence-corrected chi connectivity index (χ4v) is 7.48. The summed E-state index contributed by atoms with van der Waals surface area (Å²) in [6.07, 6.45) is -2.07. The smallest absolute Gasteiger partial charge is 0.417 e. The van der Waals surface area contributed by atoms with Crippen LogP contribution in [0.2, 0.25) is 5.02 Å². The van der Waals surface area contributed by atoms with Crippen LogP contribution in [-0.4, -0.2) is 57.6 Å². The Morgan fingerprint density at radius 3 is 2.37 bits per heavy atom. The summed E-state index contributed by atoms with van der Waals surface area (Å²) in [5.74, 6) is -1.70. The minimum atomic E-state index is -4.72. The highest BCUT2D eigenvalue weighted by Gasteiger charge is 2.34. The summed E-state index contributed by atoms with van der Waals surface area (Å²) in [4.78, 5) is 14.1. The molecular formula is C35H29ClF4N4O6S2. The van der Waals surface area contributed by atoms with E-state index in [4.69, 9.17) is 25.8 Å². The van der Waals surface area contributed by atoms with E-state index in [0.29, 0.717) is 17.1 Å². The summed E-state index contributed by atoms with van der Waals surface area (Å²) < 4.78 is 103. The number of sulfonamides is 1. The van der Waals surface area contributed by atoms with Crippen molar-refractivity contribution in [3.8, 4) is 34.1 Å². The van der Waals surface area contributed by atoms with Gasteiger partial charge < -0.3 is 19.1 Å². The highest BCUT2D eigenvalue weighted by molar-refractivity contribution is 7.93. The highest BCUT2D eigenvalue weighted by atomic mass is 35.5. The van der Waals surface area contributed by atoms with Gasteiger partial charge in [0.15, 0.2) is 5.78 Å². The molecule has 0 spiro atoms. The third-order valence-electron chi connectivity index (χ3n) is 7.46. The molecule has 0 unspecified atom stereocenters. The molecule has 0 radical (unpaired) electrons. The van der Waals surface area contributed by atoms with E-state index in [1.807, 2.05) is 0 Å². The molecule has 0 aliphatic rings. The first-order valence-corrected chi connectivity index (χ1v) is 17.7. The topological polar surface area (TPSA) is 111 Å². The van der Waals surface area contributed by atoms with Gasteiger partial charge in [0.25, 0.3) is 10.0 Å². The van der Waals surface area contributed by atoms with Crippen LogP contribution in [0.3, 0.4) is 0 Å². The van der Waals surface area contributed by atoms with E-state index in [9.17, 15) is 26.4 Å². The van der Waals surface area contributed by atoms with Crippen LogP contribution in [-0.2, 0) is 22.7 Å². The molecular weight excluding hydrogens is 748 g/mol. The van der Waals surface area contributed by atoms with Crippen molar-refractivity contribution in [1.82, 2.24) is 15.1 Å². The molecule has 0 bridgehead atoms. The number of hydrogen-bond donors (Lipinski definition) is 0. The van der Waals surface area contributed by atoms with Gasteiger partial charge >= 0.3 is 6.18 Å². The normalized spacial score (nSPS) is 11.8. The average Bonchev–Trinajstić information content (AvgIpc) is 3.65. The van der Waals surface area contributed by atoms with Crippen molar-refractivity contribution in [2.24, 2.45) is 0 Å². The molecule has 0 aliphatic carbocycles. The van der Waals surface area contributed by atoms with Crippen molar-refractivity contribution in [2.75, 3.05) is 32.6 Å². The van der Waals surface area contributed by atoms with Gasteiger partial charge in [0.2, 0.25) is 5.13 Å². The lowest BCUT2D eigenvalue weighted by Gasteiger charge is -2.23. The van der Waals surface area contributed by atoms with Gasteiger partial charge in [0, 0.05) is 44.1 Å². The van der Waals surface area contributed by atoms with Crippen LogP contribution in [0.5, 0.6) is 23.0 Å². The van der Waals surface area contributed by atoms with Crippen LogP contribution in [0.25, 0.3) is 11.1 Å². The Balaban J connectivity index is 1.55. The van der Waals surface area contributed by atoms with E-state index in [1.54, 1.807) is 37.2 Å². The molecule has 1 heterocycles. The highest BCUT2D eigenvalue weighted by Crippen LogP contribution is 2.41. The number of alkyl halides is 3. The minimum Gasteiger partial charge on any atom is -0.497 e. The number of carbonyl (C=O) groups is 1. The predicted molar refractivity (Wildman–Crippen MR) is 188 cm³/mol. The fourth-order valence-electron chi connectivity index (χ4n) is 4.96. The van der Waals surface area contributed by atoms with Gasteiger partial charge in [-0.05, 0) is 47.5 Å². The Morgan fingerprint density at radius 2 is 1.71 bits per heavy atom. The Hall–Kier alpha value is -5.19. The summed E-state index contributed by atoms with van der Waals surface area (Å²) >= 11 is 7.39. The largest absolute Gasteiger partial charge is 0.497 e. The van der Waals surface area contributed by atoms with Crippen LogP contribution < -0.4 is 18.5 Å². The van der Waals surface area contributed by atoms with Crippen molar-refractivity contribution in [2.45, 2.75) is 17.6 Å². The first kappa shape index (κ1) is 38.1. The van der Waals surface area contributed by atoms with Crippen molar-refractivity contribution >= 4 is 43.9 Å². The number of rotatable bonds is 13. The van der Waals surface area contributed by atoms with Gasteiger partial charge in [-0.1, -0.05) is 47.2 Å². The van der Waals surface area contributed by atoms with E-state index in [1.165, 1.54) is 68.4 Å². The number of nitrogens with zero attached hydrogens (tertiary/aromatic N) is 4. The van der Waals surface area contributed by atoms with Crippen LogP contribution >= 0.6 is 22.9 Å². The molecule has 0 saturated carbocycles. The number of benzene rings is 4. The van der Waals surface area contributed by atoms with E-state index in [0.717, 1.165) is 33.8 Å². The summed E-state index contributed by atoms with van der Waals surface area (Å²) in [6, 6.07) is 15.0. The third-order valence-corrected chi connectivity index (χ3v) is 10.3. The third kappa shape index (κ3) is 8.30. The van der Waals surface area contributed by atoms with E-state index < -0.39 is 38.3 Å². The molecule has 52 heavy (non-hydrogen) atoms. The number of ether oxygens (including phenoxy) is 3. The predicted octanol–water partition coefficient (Wildman–Crippen LogP) is 8.48. The zero-order valence-corrected chi connectivity index (χ0v) is 30.2. The molecule has 0 amide bonds. The standard InChI is InChI=1S/C35H29ClF4N4O6S2/c1-43(2)14-13-29(45)25-15-21(24-7-5-6-8-26(24)35(38,39)40)10-12-30(25)50-32-18-28(37)33(17-27(32)36)52(46,47)44(34-42-41-20-51-34)19-22-9-11-23(48-3)16-31(22)49-4/h5-18,20H,19H2,1-4H3/b14-13+. The number of halogens is 5. The second-order valence-electron chi connectivity index (χ2n) is 11.1. The Kier molecular flexibility index (Phi) is 11.4. The molecule has 0 aliphatic heterocycles. The van der Waals surface area contributed by atoms with Crippen molar-refractivity contribution in [1.29, 1.82) is 0 Å². The molecule has 10 nitrogen and oxygen atoms in total. The van der Waals surface area contributed by atoms with E-state index >= 15 is 4.39 Å². The zero-order chi connectivity index (χ0) is 37.8. The monoisotopic (exact) mass is 776 g/mol. The Morgan fingerprint density at radius 1 is 0.962 bits per heavy atom. The van der Waals surface area contributed by atoms with E-state index in [2.05, 4.69) is 10.2 Å². The van der Waals surface area contributed by atoms with Crippen LogP contribution in [0, 0.1) is 5.82 Å². The quantitative estimate of drug-likeness (QED) is 0.0661. The van der Waals surface area contributed by atoms with Crippen LogP contribution in [0.1, 0.15) is 21.5 Å². The van der Waals surface area contributed by atoms with Gasteiger partial charge in [-0.3, -0.25) is 4.79 Å². The number of methoxy groups -OCH3 is 2. The lowest BCUT2D eigenvalue weighted by atomic mass is 9.96. The zero-order valence-electron chi connectivity index (χ0n) is 27.8. The number of allylic oxidation sites excluding steroid dienone is 1. The molecule has 1 aromatic heterocycles. The molecule has 0 N–H and O–H groups in total. The van der Waals surface area contributed by atoms with Gasteiger partial charge in [0.1, 0.15) is 39.2 Å². The SMILES string of the molecule is COc1ccc(CN(c2nncs2)S(=O)(=O)c2cc(Cl)c(Oc3ccc(-c4ccccc4C(F)(F)F)cc3C(=O)/C=C/N(C)C)cc2F)c(OC)c1. The molecule has 17 heteroatoms. The summed E-state index contributed by atoms with van der Waals surface area (Å²) in [5.41, 5.74) is 0.500. The molecule has 272 valence electrons. The van der Waals surface area contributed by atoms with Crippen LogP contribution in [0.4, 0.5) is 22.7 Å². The second-order valence-corrected chi connectivity index (χ2v) is 14.2. The van der Waals surface area contributed by atoms with Gasteiger partial charge in [0.05, 0.1) is 36.9 Å². The summed E-state index contributed by atoms with van der Waals surface area (Å²) in [7, 11) is 1.46. The lowest BCUT2D eigenvalue weighted by Crippen LogP contribution is -2.31. The van der Waals surface area contributed by atoms with Crippen molar-refractivity contribution in [3.63, 3.8) is 0 Å². The Labute approximate surface area is 305 Å². The molecule has 0 saturated heterocycles. The Bertz CT molecular complexity index is 2230. The maximum Gasteiger partial charge on any atom is 0.417 e. The first-order chi connectivity index (χ1) is 24.6. The van der Waals surface area contributed by atoms with E-state index in [-0.39, 0.29) is 44.9 Å². The molecule has 5 aromatic rings. The van der Waals surface area contributed by atoms with Gasteiger partial charge in [-0.15, -0.1) is 10.2 Å². The maximum absolute atomic E-state index is 15.9. The summed E-state index contributed by atoms with van der Waals surface area (Å²) in [6.45, 7) is -0.338. The first-order valence-electron chi connectivity index (χ1n) is 15.0. The number of aromatic nitrogens is 2. The number of hydrogen-bond acceptors (Lipinski definition) is 10. The van der Waals surface area contributed by atoms with Crippen molar-refractivity contribution < 1.29 is 45.0 Å². The lowest BCUT2D eigenvalue weighted by molar-refractivity contribution is -0.137. The minimum absolute atomic E-state index is 0.0610. The summed E-state index contributed by atoms with van der Waals surface area (Å²) in [5, 5.41) is 7.19. The fraction of sp³-hybridized carbons (Fsp3) is 0.171. The number of anilines is 1. The molecule has 0 fully saturated rings. The van der Waals surface area contributed by atoms with Crippen LogP contribution in [0.15, 0.2) is 95.5 Å². The second kappa shape index (κ2) is 15.6. The number of ketones is 1. The van der Waals surface area contributed by atoms with Gasteiger partial charge in [-0.2, -0.15) is 13.2 Å². The molecule has 0 atom stereocenters. The average molecular weight is 777 g/mol. The maximum atomic E-state index is 15.9. The van der Waals surface area contributed by atoms with Gasteiger partial charge in [-0.25, -0.2) is 17.1 Å². The van der Waals surface area contributed by atoms with Crippen molar-refractivity contribution in [3.05, 3.63) is 118 Å². The number of carbonyl (C=O) groups excluding carboxylic acids is 1. The molecule has 5 rings (SSSR count). The molecule has 4 aromatic carbocycles.